The van der Waals surface area contributed by atoms with Crippen molar-refractivity contribution in [2.75, 3.05) is 36.0 Å². The van der Waals surface area contributed by atoms with Gasteiger partial charge in [0.1, 0.15) is 23.5 Å². The first kappa shape index (κ1) is 20.3. The van der Waals surface area contributed by atoms with Crippen molar-refractivity contribution in [3.8, 4) is 5.75 Å². The molecule has 1 saturated carbocycles. The van der Waals surface area contributed by atoms with Crippen LogP contribution in [0.3, 0.4) is 0 Å². The van der Waals surface area contributed by atoms with Crippen molar-refractivity contribution in [2.45, 2.75) is 58.0 Å². The third kappa shape index (κ3) is 4.25. The fourth-order valence-electron chi connectivity index (χ4n) is 5.21. The molecular weight excluding hydrogens is 388 g/mol. The quantitative estimate of drug-likeness (QED) is 0.669. The van der Waals surface area contributed by atoms with Gasteiger partial charge in [-0.1, -0.05) is 25.5 Å². The second-order valence-corrected chi connectivity index (χ2v) is 9.78. The summed E-state index contributed by atoms with van der Waals surface area (Å²) in [5.41, 5.74) is 1.75. The molecule has 0 bridgehead atoms. The number of hydrogen-bond acceptors (Lipinski definition) is 6. The number of ketones is 1. The minimum Gasteiger partial charge on any atom is -0.489 e. The van der Waals surface area contributed by atoms with Crippen molar-refractivity contribution in [3.63, 3.8) is 0 Å². The zero-order valence-corrected chi connectivity index (χ0v) is 18.6. The Labute approximate surface area is 184 Å². The zero-order valence-electron chi connectivity index (χ0n) is 18.6. The van der Waals surface area contributed by atoms with Crippen molar-refractivity contribution in [2.24, 2.45) is 5.41 Å². The summed E-state index contributed by atoms with van der Waals surface area (Å²) >= 11 is 0. The predicted molar refractivity (Wildman–Crippen MR) is 122 cm³/mol. The maximum atomic E-state index is 11.4. The van der Waals surface area contributed by atoms with E-state index in [1.165, 1.54) is 24.8 Å². The van der Waals surface area contributed by atoms with E-state index < -0.39 is 0 Å². The van der Waals surface area contributed by atoms with Crippen molar-refractivity contribution >= 4 is 17.5 Å². The summed E-state index contributed by atoms with van der Waals surface area (Å²) in [6.07, 6.45) is 7.71. The minimum atomic E-state index is 0.154. The summed E-state index contributed by atoms with van der Waals surface area (Å²) in [6.45, 7) is 7.75. The molecule has 2 aromatic rings. The molecule has 0 radical (unpaired) electrons. The van der Waals surface area contributed by atoms with Crippen molar-refractivity contribution in [3.05, 3.63) is 42.1 Å². The van der Waals surface area contributed by atoms with Crippen LogP contribution in [0.15, 0.2) is 36.5 Å². The molecule has 2 atom stereocenters. The van der Waals surface area contributed by atoms with E-state index in [4.69, 9.17) is 9.72 Å². The van der Waals surface area contributed by atoms with Crippen LogP contribution in [0, 0.1) is 5.41 Å². The monoisotopic (exact) mass is 420 g/mol. The number of aromatic nitrogens is 2. The van der Waals surface area contributed by atoms with Crippen LogP contribution in [-0.4, -0.2) is 48.0 Å². The van der Waals surface area contributed by atoms with Crippen LogP contribution < -0.4 is 14.5 Å². The second kappa shape index (κ2) is 8.13. The van der Waals surface area contributed by atoms with Gasteiger partial charge in [-0.15, -0.1) is 0 Å². The van der Waals surface area contributed by atoms with Crippen LogP contribution in [0.5, 0.6) is 5.75 Å². The molecule has 5 rings (SSSR count). The number of anilines is 2. The van der Waals surface area contributed by atoms with E-state index in [-0.39, 0.29) is 17.8 Å². The Balaban J connectivity index is 1.16. The molecule has 2 saturated heterocycles. The van der Waals surface area contributed by atoms with E-state index >= 15 is 0 Å². The molecule has 164 valence electrons. The Morgan fingerprint density at radius 3 is 2.65 bits per heavy atom. The number of ether oxygens (including phenoxy) is 1. The lowest BCUT2D eigenvalue weighted by atomic mass is 9.64. The van der Waals surface area contributed by atoms with E-state index in [0.717, 1.165) is 50.1 Å². The SMILES string of the molecule is CC(=O)C[C@@H](C)c1ccc(O[C@@H]2CCN(c3ccnc(N4CC5(CCC5)C4)n3)C2)cc1. The average Bonchev–Trinajstić information content (AvgIpc) is 3.15. The van der Waals surface area contributed by atoms with Gasteiger partial charge in [0.05, 0.1) is 6.54 Å². The van der Waals surface area contributed by atoms with Crippen LogP contribution in [0.4, 0.5) is 11.8 Å². The summed E-state index contributed by atoms with van der Waals surface area (Å²) in [7, 11) is 0. The number of carbonyl (C=O) groups is 1. The average molecular weight is 421 g/mol. The Bertz CT molecular complexity index is 933. The molecule has 1 aliphatic carbocycles. The summed E-state index contributed by atoms with van der Waals surface area (Å²) in [5, 5.41) is 0. The van der Waals surface area contributed by atoms with Crippen LogP contribution in [0.25, 0.3) is 0 Å². The van der Waals surface area contributed by atoms with Crippen LogP contribution >= 0.6 is 0 Å². The Hall–Kier alpha value is -2.63. The van der Waals surface area contributed by atoms with Gasteiger partial charge in [-0.05, 0) is 49.4 Å². The van der Waals surface area contributed by atoms with Gasteiger partial charge < -0.3 is 19.3 Å². The normalized spacial score (nSPS) is 22.7. The first-order valence-electron chi connectivity index (χ1n) is 11.6. The van der Waals surface area contributed by atoms with Gasteiger partial charge in [0.15, 0.2) is 0 Å². The largest absolute Gasteiger partial charge is 0.489 e. The lowest BCUT2D eigenvalue weighted by Crippen LogP contribution is -2.60. The van der Waals surface area contributed by atoms with Crippen molar-refractivity contribution < 1.29 is 9.53 Å². The molecule has 31 heavy (non-hydrogen) atoms. The molecule has 6 heteroatoms. The molecule has 1 spiro atoms. The third-order valence-corrected chi connectivity index (χ3v) is 7.19. The summed E-state index contributed by atoms with van der Waals surface area (Å²) in [5.74, 6) is 3.23. The van der Waals surface area contributed by atoms with Gasteiger partial charge in [0.25, 0.3) is 0 Å². The lowest BCUT2D eigenvalue weighted by Gasteiger charge is -2.55. The molecule has 2 aliphatic heterocycles. The number of rotatable bonds is 7. The number of carbonyl (C=O) groups excluding carboxylic acids is 1. The number of Topliss-reactive ketones (excluding diaryl/α,β-unsaturated/α-hetero) is 1. The Morgan fingerprint density at radius 1 is 1.19 bits per heavy atom. The first-order chi connectivity index (χ1) is 15.0. The van der Waals surface area contributed by atoms with E-state index in [1.807, 2.05) is 24.4 Å². The molecule has 6 nitrogen and oxygen atoms in total. The minimum absolute atomic E-state index is 0.154. The summed E-state index contributed by atoms with van der Waals surface area (Å²) in [6, 6.07) is 10.2. The Kier molecular flexibility index (Phi) is 5.32. The topological polar surface area (TPSA) is 58.6 Å². The van der Waals surface area contributed by atoms with Gasteiger partial charge in [-0.3, -0.25) is 0 Å². The highest BCUT2D eigenvalue weighted by atomic mass is 16.5. The van der Waals surface area contributed by atoms with Gasteiger partial charge >= 0.3 is 0 Å². The van der Waals surface area contributed by atoms with Crippen LogP contribution in [0.2, 0.25) is 0 Å². The fourth-order valence-corrected chi connectivity index (χ4v) is 5.21. The molecule has 1 aromatic heterocycles. The maximum Gasteiger partial charge on any atom is 0.227 e. The highest BCUT2D eigenvalue weighted by Crippen LogP contribution is 2.48. The van der Waals surface area contributed by atoms with Crippen LogP contribution in [-0.2, 0) is 4.79 Å². The van der Waals surface area contributed by atoms with Crippen molar-refractivity contribution in [1.29, 1.82) is 0 Å². The molecule has 3 heterocycles. The highest BCUT2D eigenvalue weighted by Gasteiger charge is 2.48. The molecule has 3 aliphatic rings. The predicted octanol–water partition coefficient (Wildman–Crippen LogP) is 4.21. The number of hydrogen-bond donors (Lipinski definition) is 0. The molecule has 0 unspecified atom stereocenters. The standard InChI is InChI=1S/C25H32N4O2/c1-18(14-19(2)30)20-4-6-21(7-5-20)31-22-9-13-28(15-22)23-8-12-26-24(27-23)29-16-25(17-29)10-3-11-25/h4-8,12,18,22H,3,9-11,13-17H2,1-2H3/t18-,22-/m1/s1. The summed E-state index contributed by atoms with van der Waals surface area (Å²) in [4.78, 5) is 25.4. The molecule has 1 aromatic carbocycles. The van der Waals surface area contributed by atoms with Gasteiger partial charge in [-0.2, -0.15) is 4.98 Å². The molecular formula is C25H32N4O2. The van der Waals surface area contributed by atoms with E-state index in [0.29, 0.717) is 11.8 Å². The highest BCUT2D eigenvalue weighted by molar-refractivity contribution is 5.76. The number of nitrogens with zero attached hydrogens (tertiary/aromatic N) is 4. The fraction of sp³-hybridized carbons (Fsp3) is 0.560. The summed E-state index contributed by atoms with van der Waals surface area (Å²) < 4.78 is 6.24. The number of benzene rings is 1. The first-order valence-corrected chi connectivity index (χ1v) is 11.6. The second-order valence-electron chi connectivity index (χ2n) is 9.78. The third-order valence-electron chi connectivity index (χ3n) is 7.19. The van der Waals surface area contributed by atoms with E-state index in [9.17, 15) is 4.79 Å². The Morgan fingerprint density at radius 2 is 1.97 bits per heavy atom. The molecule has 0 amide bonds. The van der Waals surface area contributed by atoms with Gasteiger partial charge in [-0.25, -0.2) is 4.98 Å². The zero-order chi connectivity index (χ0) is 21.4. The maximum absolute atomic E-state index is 11.4. The smallest absolute Gasteiger partial charge is 0.227 e. The van der Waals surface area contributed by atoms with Crippen molar-refractivity contribution in [1.82, 2.24) is 9.97 Å². The van der Waals surface area contributed by atoms with Crippen LogP contribution in [0.1, 0.15) is 57.4 Å². The lowest BCUT2D eigenvalue weighted by molar-refractivity contribution is -0.117. The van der Waals surface area contributed by atoms with Gasteiger partial charge in [0, 0.05) is 44.1 Å². The van der Waals surface area contributed by atoms with E-state index in [1.54, 1.807) is 6.92 Å². The van der Waals surface area contributed by atoms with Gasteiger partial charge in [0.2, 0.25) is 5.95 Å². The molecule has 3 fully saturated rings. The van der Waals surface area contributed by atoms with E-state index in [2.05, 4.69) is 33.8 Å². The molecule has 0 N–H and O–H groups in total.